The Bertz CT molecular complexity index is 598. The molecule has 1 N–H and O–H groups in total. The zero-order valence-electron chi connectivity index (χ0n) is 14.4. The lowest BCUT2D eigenvalue weighted by Crippen LogP contribution is -2.35. The van der Waals surface area contributed by atoms with Crippen LogP contribution in [0, 0.1) is 0 Å². The van der Waals surface area contributed by atoms with Gasteiger partial charge in [-0.1, -0.05) is 31.9 Å². The fraction of sp³-hybridized carbons (Fsp3) is 0.632. The van der Waals surface area contributed by atoms with Crippen molar-refractivity contribution < 1.29 is 0 Å². The minimum absolute atomic E-state index is 0.867. The Balaban J connectivity index is 1.57. The molecular weight excluding hydrogens is 284 g/mol. The molecule has 4 nitrogen and oxygen atoms in total. The number of rotatable bonds is 8. The van der Waals surface area contributed by atoms with Crippen molar-refractivity contribution in [3.8, 4) is 0 Å². The molecule has 126 valence electrons. The first kappa shape index (κ1) is 16.5. The van der Waals surface area contributed by atoms with Gasteiger partial charge >= 0.3 is 0 Å². The van der Waals surface area contributed by atoms with Crippen LogP contribution >= 0.6 is 0 Å². The average molecular weight is 314 g/mol. The maximum absolute atomic E-state index is 4.84. The van der Waals surface area contributed by atoms with E-state index in [9.17, 15) is 0 Å². The third-order valence-corrected chi connectivity index (χ3v) is 4.81. The van der Waals surface area contributed by atoms with E-state index in [-0.39, 0.29) is 0 Å². The number of fused-ring (bicyclic) bond motifs is 1. The Morgan fingerprint density at radius 2 is 1.91 bits per heavy atom. The molecule has 1 saturated heterocycles. The summed E-state index contributed by atoms with van der Waals surface area (Å²) in [6, 6.07) is 8.50. The van der Waals surface area contributed by atoms with Crippen molar-refractivity contribution in [2.24, 2.45) is 0 Å². The second-order valence-electron chi connectivity index (χ2n) is 6.60. The van der Waals surface area contributed by atoms with E-state index in [0.29, 0.717) is 0 Å². The van der Waals surface area contributed by atoms with Crippen LogP contribution in [0.4, 0.5) is 0 Å². The SMILES string of the molecule is CCCCn1c(CNCCN2CCCCC2)nc2ccccc21. The average Bonchev–Trinajstić information content (AvgIpc) is 2.95. The lowest BCUT2D eigenvalue weighted by molar-refractivity contribution is 0.228. The number of hydrogen-bond acceptors (Lipinski definition) is 3. The summed E-state index contributed by atoms with van der Waals surface area (Å²) in [4.78, 5) is 7.42. The van der Waals surface area contributed by atoms with Crippen LogP contribution in [0.3, 0.4) is 0 Å². The number of nitrogens with one attached hydrogen (secondary N) is 1. The van der Waals surface area contributed by atoms with Gasteiger partial charge in [-0.15, -0.1) is 0 Å². The van der Waals surface area contributed by atoms with Crippen molar-refractivity contribution in [2.75, 3.05) is 26.2 Å². The lowest BCUT2D eigenvalue weighted by Gasteiger charge is -2.26. The van der Waals surface area contributed by atoms with Gasteiger partial charge in [-0.25, -0.2) is 4.98 Å². The number of imidazole rings is 1. The number of aryl methyl sites for hydroxylation is 1. The third-order valence-electron chi connectivity index (χ3n) is 4.81. The van der Waals surface area contributed by atoms with Crippen LogP contribution in [-0.2, 0) is 13.1 Å². The van der Waals surface area contributed by atoms with E-state index >= 15 is 0 Å². The minimum Gasteiger partial charge on any atom is -0.327 e. The van der Waals surface area contributed by atoms with Gasteiger partial charge in [-0.3, -0.25) is 0 Å². The number of unbranched alkanes of at least 4 members (excludes halogenated alkanes) is 1. The molecule has 1 fully saturated rings. The molecule has 0 aliphatic carbocycles. The molecule has 0 unspecified atom stereocenters. The Labute approximate surface area is 139 Å². The number of para-hydroxylation sites is 2. The topological polar surface area (TPSA) is 33.1 Å². The molecule has 23 heavy (non-hydrogen) atoms. The van der Waals surface area contributed by atoms with E-state index in [4.69, 9.17) is 4.98 Å². The molecule has 1 aliphatic rings. The molecule has 0 bridgehead atoms. The number of aromatic nitrogens is 2. The van der Waals surface area contributed by atoms with Gasteiger partial charge in [0.1, 0.15) is 5.82 Å². The minimum atomic E-state index is 0.867. The highest BCUT2D eigenvalue weighted by atomic mass is 15.2. The Kier molecular flexibility index (Phi) is 6.06. The van der Waals surface area contributed by atoms with E-state index in [2.05, 4.69) is 46.0 Å². The molecule has 0 spiro atoms. The second-order valence-corrected chi connectivity index (χ2v) is 6.60. The van der Waals surface area contributed by atoms with Crippen LogP contribution in [-0.4, -0.2) is 40.6 Å². The van der Waals surface area contributed by atoms with Crippen LogP contribution in [0.5, 0.6) is 0 Å². The first-order chi connectivity index (χ1) is 11.4. The van der Waals surface area contributed by atoms with Crippen molar-refractivity contribution in [1.82, 2.24) is 19.8 Å². The Hall–Kier alpha value is -1.39. The van der Waals surface area contributed by atoms with Crippen LogP contribution in [0.25, 0.3) is 11.0 Å². The molecule has 1 aromatic carbocycles. The van der Waals surface area contributed by atoms with Crippen molar-refractivity contribution in [1.29, 1.82) is 0 Å². The lowest BCUT2D eigenvalue weighted by atomic mass is 10.1. The summed E-state index contributed by atoms with van der Waals surface area (Å²) in [6.07, 6.45) is 6.57. The zero-order chi connectivity index (χ0) is 15.9. The fourth-order valence-electron chi connectivity index (χ4n) is 3.45. The predicted molar refractivity (Wildman–Crippen MR) is 96.6 cm³/mol. The number of likely N-dealkylation sites (tertiary alicyclic amines) is 1. The summed E-state index contributed by atoms with van der Waals surface area (Å²) < 4.78 is 2.40. The third kappa shape index (κ3) is 4.33. The molecule has 0 amide bonds. The van der Waals surface area contributed by atoms with Gasteiger partial charge in [0, 0.05) is 19.6 Å². The summed E-state index contributed by atoms with van der Waals surface area (Å²) in [5.41, 5.74) is 2.39. The van der Waals surface area contributed by atoms with Gasteiger partial charge in [0.15, 0.2) is 0 Å². The summed E-state index contributed by atoms with van der Waals surface area (Å²) in [7, 11) is 0. The fourth-order valence-corrected chi connectivity index (χ4v) is 3.45. The molecule has 2 aromatic rings. The number of piperidine rings is 1. The zero-order valence-corrected chi connectivity index (χ0v) is 14.4. The van der Waals surface area contributed by atoms with Gasteiger partial charge in [0.25, 0.3) is 0 Å². The highest BCUT2D eigenvalue weighted by Gasteiger charge is 2.11. The van der Waals surface area contributed by atoms with Gasteiger partial charge in [-0.2, -0.15) is 0 Å². The van der Waals surface area contributed by atoms with Gasteiger partial charge in [0.05, 0.1) is 17.6 Å². The second kappa shape index (κ2) is 8.46. The Morgan fingerprint density at radius 1 is 1.09 bits per heavy atom. The number of hydrogen-bond donors (Lipinski definition) is 1. The van der Waals surface area contributed by atoms with Gasteiger partial charge in [-0.05, 0) is 44.5 Å². The van der Waals surface area contributed by atoms with Crippen LogP contribution < -0.4 is 5.32 Å². The number of benzene rings is 1. The maximum Gasteiger partial charge on any atom is 0.123 e. The summed E-state index contributed by atoms with van der Waals surface area (Å²) in [6.45, 7) is 8.95. The van der Waals surface area contributed by atoms with Crippen molar-refractivity contribution in [3.63, 3.8) is 0 Å². The monoisotopic (exact) mass is 314 g/mol. The normalized spacial score (nSPS) is 16.2. The van der Waals surface area contributed by atoms with Crippen molar-refractivity contribution >= 4 is 11.0 Å². The van der Waals surface area contributed by atoms with Crippen molar-refractivity contribution in [3.05, 3.63) is 30.1 Å². The highest BCUT2D eigenvalue weighted by molar-refractivity contribution is 5.75. The van der Waals surface area contributed by atoms with Gasteiger partial charge < -0.3 is 14.8 Å². The molecule has 3 rings (SSSR count). The molecule has 0 saturated carbocycles. The molecule has 2 heterocycles. The smallest absolute Gasteiger partial charge is 0.123 e. The molecular formula is C19H30N4. The summed E-state index contributed by atoms with van der Waals surface area (Å²) in [5, 5.41) is 3.60. The first-order valence-corrected chi connectivity index (χ1v) is 9.25. The maximum atomic E-state index is 4.84. The molecule has 1 aromatic heterocycles. The van der Waals surface area contributed by atoms with Crippen molar-refractivity contribution in [2.45, 2.75) is 52.1 Å². The molecule has 0 radical (unpaired) electrons. The summed E-state index contributed by atoms with van der Waals surface area (Å²) in [5.74, 6) is 1.18. The molecule has 0 atom stereocenters. The predicted octanol–water partition coefficient (Wildman–Crippen LogP) is 3.41. The van der Waals surface area contributed by atoms with E-state index in [0.717, 1.165) is 31.7 Å². The largest absolute Gasteiger partial charge is 0.327 e. The van der Waals surface area contributed by atoms with Gasteiger partial charge in [0.2, 0.25) is 0 Å². The van der Waals surface area contributed by atoms with E-state index in [1.165, 1.54) is 56.5 Å². The van der Waals surface area contributed by atoms with E-state index < -0.39 is 0 Å². The van der Waals surface area contributed by atoms with Crippen LogP contribution in [0.15, 0.2) is 24.3 Å². The quantitative estimate of drug-likeness (QED) is 0.758. The van der Waals surface area contributed by atoms with Crippen LogP contribution in [0.2, 0.25) is 0 Å². The summed E-state index contributed by atoms with van der Waals surface area (Å²) >= 11 is 0. The molecule has 1 aliphatic heterocycles. The van der Waals surface area contributed by atoms with E-state index in [1.807, 2.05) is 0 Å². The Morgan fingerprint density at radius 3 is 2.74 bits per heavy atom. The first-order valence-electron chi connectivity index (χ1n) is 9.25. The molecule has 4 heteroatoms. The van der Waals surface area contributed by atoms with E-state index in [1.54, 1.807) is 0 Å². The standard InChI is InChI=1S/C19H30N4/c1-2-3-14-23-18-10-6-5-9-17(18)21-19(23)16-20-11-15-22-12-7-4-8-13-22/h5-6,9-10,20H,2-4,7-8,11-16H2,1H3. The highest BCUT2D eigenvalue weighted by Crippen LogP contribution is 2.17. The number of nitrogens with zero attached hydrogens (tertiary/aromatic N) is 3. The van der Waals surface area contributed by atoms with Crippen LogP contribution in [0.1, 0.15) is 44.9 Å².